The molecule has 138 valence electrons. The predicted octanol–water partition coefficient (Wildman–Crippen LogP) is 4.20. The fourth-order valence-corrected chi connectivity index (χ4v) is 5.06. The van der Waals surface area contributed by atoms with Gasteiger partial charge in [0.25, 0.3) is 5.91 Å². The van der Waals surface area contributed by atoms with Gasteiger partial charge in [0.05, 0.1) is 10.6 Å². The minimum atomic E-state index is 0.00964. The number of hydrogen-bond acceptors (Lipinski definition) is 5. The van der Waals surface area contributed by atoms with E-state index in [-0.39, 0.29) is 5.91 Å². The summed E-state index contributed by atoms with van der Waals surface area (Å²) < 4.78 is 0. The molecule has 2 aliphatic rings. The summed E-state index contributed by atoms with van der Waals surface area (Å²) in [7, 11) is 0. The van der Waals surface area contributed by atoms with Crippen LogP contribution in [0.15, 0.2) is 24.3 Å². The molecule has 0 atom stereocenters. The van der Waals surface area contributed by atoms with Crippen LogP contribution in [0.4, 0.5) is 5.13 Å². The Morgan fingerprint density at radius 2 is 1.77 bits per heavy atom. The van der Waals surface area contributed by atoms with Crippen LogP contribution in [-0.2, 0) is 0 Å². The molecule has 1 aromatic carbocycles. The van der Waals surface area contributed by atoms with Gasteiger partial charge < -0.3 is 9.80 Å². The molecule has 0 spiro atoms. The maximum atomic E-state index is 12.7. The van der Waals surface area contributed by atoms with Gasteiger partial charge in [0.15, 0.2) is 0 Å². The fraction of sp³-hybridized carbons (Fsp3) is 0.526. The molecule has 2 heterocycles. The number of amides is 1. The molecule has 0 radical (unpaired) electrons. The zero-order valence-corrected chi connectivity index (χ0v) is 16.3. The van der Waals surface area contributed by atoms with E-state index in [0.29, 0.717) is 29.6 Å². The van der Waals surface area contributed by atoms with Crippen molar-refractivity contribution >= 4 is 34.0 Å². The van der Waals surface area contributed by atoms with Crippen molar-refractivity contribution in [2.24, 2.45) is 0 Å². The van der Waals surface area contributed by atoms with Gasteiger partial charge in [-0.15, -0.1) is 10.2 Å². The van der Waals surface area contributed by atoms with Gasteiger partial charge in [0, 0.05) is 32.1 Å². The first-order chi connectivity index (χ1) is 12.7. The highest BCUT2D eigenvalue weighted by Crippen LogP contribution is 2.36. The zero-order valence-electron chi connectivity index (χ0n) is 14.7. The molecule has 1 aliphatic carbocycles. The number of rotatable bonds is 3. The summed E-state index contributed by atoms with van der Waals surface area (Å²) in [6, 6.07) is 7.25. The monoisotopic (exact) mass is 390 g/mol. The lowest BCUT2D eigenvalue weighted by molar-refractivity contribution is 0.0747. The first kappa shape index (κ1) is 17.7. The fourth-order valence-electron chi connectivity index (χ4n) is 3.77. The van der Waals surface area contributed by atoms with Gasteiger partial charge in [-0.2, -0.15) is 0 Å². The second-order valence-corrected chi connectivity index (χ2v) is 8.41. The van der Waals surface area contributed by atoms with Crippen LogP contribution in [0.5, 0.6) is 0 Å². The van der Waals surface area contributed by atoms with Gasteiger partial charge in [0.2, 0.25) is 5.13 Å². The summed E-state index contributed by atoms with van der Waals surface area (Å²) in [6.45, 7) is 2.94. The van der Waals surface area contributed by atoms with E-state index in [2.05, 4.69) is 15.1 Å². The molecule has 2 aromatic rings. The van der Waals surface area contributed by atoms with Crippen LogP contribution in [0.3, 0.4) is 0 Å². The third kappa shape index (κ3) is 3.71. The number of aromatic nitrogens is 2. The molecule has 1 saturated carbocycles. The number of nitrogens with zero attached hydrogens (tertiary/aromatic N) is 4. The van der Waals surface area contributed by atoms with Crippen molar-refractivity contribution in [2.75, 3.05) is 31.1 Å². The molecule has 0 unspecified atom stereocenters. The molecule has 2 fully saturated rings. The first-order valence-corrected chi connectivity index (χ1v) is 10.5. The van der Waals surface area contributed by atoms with Crippen LogP contribution < -0.4 is 4.90 Å². The van der Waals surface area contributed by atoms with Crippen molar-refractivity contribution in [3.05, 3.63) is 39.9 Å². The lowest BCUT2D eigenvalue weighted by Gasteiger charge is -2.34. The van der Waals surface area contributed by atoms with Crippen LogP contribution in [0.1, 0.15) is 53.4 Å². The number of carbonyl (C=O) groups excluding carboxylic acids is 1. The van der Waals surface area contributed by atoms with Gasteiger partial charge in [0.1, 0.15) is 5.01 Å². The Bertz CT molecular complexity index is 766. The Labute approximate surface area is 163 Å². The highest BCUT2D eigenvalue weighted by atomic mass is 35.5. The van der Waals surface area contributed by atoms with Crippen molar-refractivity contribution in [1.82, 2.24) is 15.1 Å². The SMILES string of the molecule is O=C(c1ccccc1Cl)N1CCN(c2nnc(C3CCCCC3)s2)CC1. The zero-order chi connectivity index (χ0) is 17.9. The van der Waals surface area contributed by atoms with Crippen molar-refractivity contribution < 1.29 is 4.79 Å². The highest BCUT2D eigenvalue weighted by molar-refractivity contribution is 7.15. The van der Waals surface area contributed by atoms with Gasteiger partial charge in [-0.25, -0.2) is 0 Å². The quantitative estimate of drug-likeness (QED) is 0.788. The topological polar surface area (TPSA) is 49.3 Å². The normalized spacial score (nSPS) is 19.0. The maximum Gasteiger partial charge on any atom is 0.255 e. The molecular weight excluding hydrogens is 368 g/mol. The molecule has 0 bridgehead atoms. The van der Waals surface area contributed by atoms with Gasteiger partial charge >= 0.3 is 0 Å². The molecule has 26 heavy (non-hydrogen) atoms. The maximum absolute atomic E-state index is 12.7. The molecule has 1 aromatic heterocycles. The average molecular weight is 391 g/mol. The molecule has 7 heteroatoms. The summed E-state index contributed by atoms with van der Waals surface area (Å²) >= 11 is 7.90. The van der Waals surface area contributed by atoms with E-state index in [0.717, 1.165) is 18.2 Å². The van der Waals surface area contributed by atoms with Gasteiger partial charge in [-0.3, -0.25) is 4.79 Å². The van der Waals surface area contributed by atoms with E-state index in [9.17, 15) is 4.79 Å². The number of anilines is 1. The molecule has 1 aliphatic heterocycles. The molecule has 1 amide bonds. The molecule has 1 saturated heterocycles. The highest BCUT2D eigenvalue weighted by Gasteiger charge is 2.26. The predicted molar refractivity (Wildman–Crippen MR) is 105 cm³/mol. The Kier molecular flexibility index (Phi) is 5.41. The van der Waals surface area contributed by atoms with Crippen LogP contribution in [0.25, 0.3) is 0 Å². The third-order valence-corrected chi connectivity index (χ3v) is 6.80. The number of halogens is 1. The molecule has 4 rings (SSSR count). The Morgan fingerprint density at radius 1 is 1.04 bits per heavy atom. The minimum absolute atomic E-state index is 0.00964. The number of benzene rings is 1. The standard InChI is InChI=1S/C19H23ClN4OS/c20-16-9-5-4-8-15(16)18(25)23-10-12-24(13-11-23)19-22-21-17(26-19)14-6-2-1-3-7-14/h4-5,8-9,14H,1-3,6-7,10-13H2. The number of piperazine rings is 1. The largest absolute Gasteiger partial charge is 0.343 e. The summed E-state index contributed by atoms with van der Waals surface area (Å²) in [4.78, 5) is 16.8. The minimum Gasteiger partial charge on any atom is -0.343 e. The van der Waals surface area contributed by atoms with Crippen molar-refractivity contribution in [1.29, 1.82) is 0 Å². The van der Waals surface area contributed by atoms with Crippen molar-refractivity contribution in [3.63, 3.8) is 0 Å². The molecule has 0 N–H and O–H groups in total. The van der Waals surface area contributed by atoms with Crippen LogP contribution in [-0.4, -0.2) is 47.2 Å². The van der Waals surface area contributed by atoms with E-state index in [1.807, 2.05) is 17.0 Å². The Balaban J connectivity index is 1.37. The van der Waals surface area contributed by atoms with Crippen molar-refractivity contribution in [3.8, 4) is 0 Å². The second-order valence-electron chi connectivity index (χ2n) is 7.02. The van der Waals surface area contributed by atoms with Crippen LogP contribution in [0.2, 0.25) is 5.02 Å². The lowest BCUT2D eigenvalue weighted by atomic mass is 9.90. The summed E-state index contributed by atoms with van der Waals surface area (Å²) in [5, 5.41) is 11.6. The number of carbonyl (C=O) groups is 1. The summed E-state index contributed by atoms with van der Waals surface area (Å²) in [6.07, 6.45) is 6.46. The van der Waals surface area contributed by atoms with Gasteiger partial charge in [-0.1, -0.05) is 54.3 Å². The average Bonchev–Trinajstić information content (AvgIpc) is 3.19. The third-order valence-electron chi connectivity index (χ3n) is 5.33. The van der Waals surface area contributed by atoms with E-state index >= 15 is 0 Å². The van der Waals surface area contributed by atoms with E-state index in [1.165, 1.54) is 37.1 Å². The number of hydrogen-bond donors (Lipinski definition) is 0. The van der Waals surface area contributed by atoms with Gasteiger partial charge in [-0.05, 0) is 25.0 Å². The lowest BCUT2D eigenvalue weighted by Crippen LogP contribution is -2.48. The summed E-state index contributed by atoms with van der Waals surface area (Å²) in [5.41, 5.74) is 0.582. The Hall–Kier alpha value is -1.66. The Morgan fingerprint density at radius 3 is 2.50 bits per heavy atom. The van der Waals surface area contributed by atoms with Crippen LogP contribution >= 0.6 is 22.9 Å². The van der Waals surface area contributed by atoms with E-state index < -0.39 is 0 Å². The summed E-state index contributed by atoms with van der Waals surface area (Å²) in [5.74, 6) is 0.605. The first-order valence-electron chi connectivity index (χ1n) is 9.34. The molecular formula is C19H23ClN4OS. The smallest absolute Gasteiger partial charge is 0.255 e. The second kappa shape index (κ2) is 7.92. The van der Waals surface area contributed by atoms with E-state index in [1.54, 1.807) is 23.5 Å². The van der Waals surface area contributed by atoms with Crippen LogP contribution in [0, 0.1) is 0 Å². The molecule has 5 nitrogen and oxygen atoms in total. The van der Waals surface area contributed by atoms with E-state index in [4.69, 9.17) is 11.6 Å². The van der Waals surface area contributed by atoms with Crippen molar-refractivity contribution in [2.45, 2.75) is 38.0 Å².